The summed E-state index contributed by atoms with van der Waals surface area (Å²) in [7, 11) is 0. The molecule has 0 saturated carbocycles. The number of hydrogen-bond acceptors (Lipinski definition) is 5. The van der Waals surface area contributed by atoms with Crippen molar-refractivity contribution >= 4 is 27.9 Å². The molecule has 0 unspecified atom stereocenters. The number of likely N-dealkylation sites (tertiary alicyclic amines) is 1. The Hall–Kier alpha value is -1.63. The molecule has 3 aromatic rings. The molecule has 26 heavy (non-hydrogen) atoms. The molecule has 1 aliphatic rings. The molecule has 1 aliphatic heterocycles. The Morgan fingerprint density at radius 3 is 2.58 bits per heavy atom. The zero-order chi connectivity index (χ0) is 18.4. The zero-order valence-electron chi connectivity index (χ0n) is 15.2. The van der Waals surface area contributed by atoms with Gasteiger partial charge in [-0.2, -0.15) is 4.52 Å². The van der Waals surface area contributed by atoms with E-state index >= 15 is 0 Å². The summed E-state index contributed by atoms with van der Waals surface area (Å²) in [6.07, 6.45) is 1.23. The van der Waals surface area contributed by atoms with Gasteiger partial charge in [-0.05, 0) is 36.8 Å². The van der Waals surface area contributed by atoms with Gasteiger partial charge < -0.3 is 5.11 Å². The first-order chi connectivity index (χ1) is 12.4. The van der Waals surface area contributed by atoms with Crippen molar-refractivity contribution in [1.29, 1.82) is 0 Å². The average molecular weight is 391 g/mol. The number of aryl methyl sites for hydroxylation is 1. The molecule has 5 nitrogen and oxygen atoms in total. The second kappa shape index (κ2) is 6.83. The summed E-state index contributed by atoms with van der Waals surface area (Å²) in [5.74, 6) is 2.04. The van der Waals surface area contributed by atoms with Crippen molar-refractivity contribution in [3.63, 3.8) is 0 Å². The van der Waals surface area contributed by atoms with Crippen LogP contribution in [0.4, 0.5) is 0 Å². The van der Waals surface area contributed by atoms with Crippen LogP contribution in [0.1, 0.15) is 42.6 Å². The number of hydrogen-bond donors (Lipinski definition) is 1. The Morgan fingerprint density at radius 2 is 1.92 bits per heavy atom. The third-order valence-corrected chi connectivity index (χ3v) is 6.43. The predicted molar refractivity (Wildman–Crippen MR) is 105 cm³/mol. The minimum absolute atomic E-state index is 0.0947. The Bertz CT molecular complexity index is 927. The molecule has 3 heterocycles. The summed E-state index contributed by atoms with van der Waals surface area (Å²) in [6, 6.07) is 7.82. The molecule has 138 valence electrons. The van der Waals surface area contributed by atoms with E-state index in [0.717, 1.165) is 28.6 Å². The molecule has 1 saturated heterocycles. The van der Waals surface area contributed by atoms with Gasteiger partial charge in [0.1, 0.15) is 5.82 Å². The molecule has 0 amide bonds. The number of aromatic nitrogens is 3. The van der Waals surface area contributed by atoms with Gasteiger partial charge in [-0.25, -0.2) is 4.98 Å². The molecule has 2 aromatic heterocycles. The molecule has 0 spiro atoms. The fourth-order valence-electron chi connectivity index (χ4n) is 4.15. The fraction of sp³-hybridized carbons (Fsp3) is 0.474. The first-order valence-corrected chi connectivity index (χ1v) is 10.2. The molecule has 4 rings (SSSR count). The van der Waals surface area contributed by atoms with Gasteiger partial charge in [-0.15, -0.1) is 5.10 Å². The van der Waals surface area contributed by atoms with Crippen molar-refractivity contribution in [2.75, 3.05) is 13.1 Å². The van der Waals surface area contributed by atoms with Crippen LogP contribution in [-0.4, -0.2) is 37.7 Å². The molecule has 0 radical (unpaired) electrons. The predicted octanol–water partition coefficient (Wildman–Crippen LogP) is 4.53. The molecule has 0 bridgehead atoms. The maximum absolute atomic E-state index is 10.9. The number of nitrogens with zero attached hydrogens (tertiary/aromatic N) is 4. The van der Waals surface area contributed by atoms with E-state index in [0.29, 0.717) is 22.6 Å². The van der Waals surface area contributed by atoms with Gasteiger partial charge in [0.25, 0.3) is 0 Å². The molecule has 1 N–H and O–H groups in total. The minimum Gasteiger partial charge on any atom is -0.492 e. The van der Waals surface area contributed by atoms with Gasteiger partial charge in [0, 0.05) is 18.1 Å². The van der Waals surface area contributed by atoms with Crippen LogP contribution in [0.25, 0.3) is 4.96 Å². The molecule has 1 fully saturated rings. The van der Waals surface area contributed by atoms with Crippen LogP contribution in [0.2, 0.25) is 5.02 Å². The summed E-state index contributed by atoms with van der Waals surface area (Å²) >= 11 is 8.06. The monoisotopic (exact) mass is 390 g/mol. The van der Waals surface area contributed by atoms with E-state index < -0.39 is 0 Å². The number of fused-ring (bicyclic) bond motifs is 1. The number of thiazole rings is 1. The zero-order valence-corrected chi connectivity index (χ0v) is 16.8. The Balaban J connectivity index is 1.85. The average Bonchev–Trinajstić information content (AvgIpc) is 3.07. The van der Waals surface area contributed by atoms with E-state index in [1.165, 1.54) is 22.3 Å². The number of piperidine rings is 1. The van der Waals surface area contributed by atoms with Crippen LogP contribution in [-0.2, 0) is 0 Å². The van der Waals surface area contributed by atoms with Crippen molar-refractivity contribution in [2.45, 2.75) is 33.2 Å². The van der Waals surface area contributed by atoms with Crippen LogP contribution < -0.4 is 0 Å². The highest BCUT2D eigenvalue weighted by Gasteiger charge is 2.34. The Kier molecular flexibility index (Phi) is 4.67. The van der Waals surface area contributed by atoms with Gasteiger partial charge in [-0.3, -0.25) is 4.90 Å². The minimum atomic E-state index is -0.0947. The van der Waals surface area contributed by atoms with Crippen molar-refractivity contribution in [3.8, 4) is 5.88 Å². The van der Waals surface area contributed by atoms with Crippen molar-refractivity contribution in [1.82, 2.24) is 19.5 Å². The number of benzene rings is 1. The Morgan fingerprint density at radius 1 is 1.23 bits per heavy atom. The summed E-state index contributed by atoms with van der Waals surface area (Å²) in [4.78, 5) is 8.44. The topological polar surface area (TPSA) is 53.7 Å². The van der Waals surface area contributed by atoms with E-state index in [-0.39, 0.29) is 11.9 Å². The Labute approximate surface area is 162 Å². The maximum Gasteiger partial charge on any atom is 0.230 e. The van der Waals surface area contributed by atoms with Crippen molar-refractivity contribution in [3.05, 3.63) is 45.6 Å². The summed E-state index contributed by atoms with van der Waals surface area (Å²) in [6.45, 7) is 8.37. The lowest BCUT2D eigenvalue weighted by molar-refractivity contribution is 0.112. The third kappa shape index (κ3) is 3.10. The quantitative estimate of drug-likeness (QED) is 0.714. The van der Waals surface area contributed by atoms with Crippen LogP contribution >= 0.6 is 22.9 Å². The van der Waals surface area contributed by atoms with E-state index in [2.05, 4.69) is 34.9 Å². The van der Waals surface area contributed by atoms with E-state index in [9.17, 15) is 5.11 Å². The largest absolute Gasteiger partial charge is 0.492 e. The highest BCUT2D eigenvalue weighted by Crippen LogP contribution is 2.43. The number of rotatable bonds is 3. The normalized spacial score (nSPS) is 22.8. The van der Waals surface area contributed by atoms with Crippen LogP contribution in [0.3, 0.4) is 0 Å². The van der Waals surface area contributed by atoms with Gasteiger partial charge in [0.15, 0.2) is 0 Å². The van der Waals surface area contributed by atoms with Gasteiger partial charge in [0.2, 0.25) is 10.8 Å². The van der Waals surface area contributed by atoms with Gasteiger partial charge in [0.05, 0.1) is 10.9 Å². The van der Waals surface area contributed by atoms with E-state index in [4.69, 9.17) is 11.6 Å². The first-order valence-electron chi connectivity index (χ1n) is 8.97. The molecular weight excluding hydrogens is 368 g/mol. The van der Waals surface area contributed by atoms with Crippen LogP contribution in [0.15, 0.2) is 24.3 Å². The van der Waals surface area contributed by atoms with E-state index in [1.807, 2.05) is 25.1 Å². The third-order valence-electron chi connectivity index (χ3n) is 5.02. The molecule has 7 heteroatoms. The van der Waals surface area contributed by atoms with E-state index in [1.54, 1.807) is 0 Å². The lowest BCUT2D eigenvalue weighted by Crippen LogP contribution is -2.41. The standard InChI is InChI=1S/C19H23ClN4OS/c1-11-8-12(2)10-23(9-11)16(14-6-4-5-7-15(14)20)17-18(25)24-19(26-17)21-13(3)22-24/h4-7,11-12,16,25H,8-10H2,1-3H3/t11-,12+,16-/m1/s1. The molecule has 3 atom stereocenters. The summed E-state index contributed by atoms with van der Waals surface area (Å²) in [5.41, 5.74) is 1.02. The SMILES string of the molecule is Cc1nc2sc([C@@H](c3ccccc3Cl)N3C[C@H](C)C[C@H](C)C3)c(O)n2n1. The number of aromatic hydroxyl groups is 1. The van der Waals surface area contributed by atoms with Crippen molar-refractivity contribution < 1.29 is 5.11 Å². The van der Waals surface area contributed by atoms with Crippen LogP contribution in [0.5, 0.6) is 5.88 Å². The summed E-state index contributed by atoms with van der Waals surface area (Å²) in [5, 5.41) is 15.9. The van der Waals surface area contributed by atoms with Gasteiger partial charge >= 0.3 is 0 Å². The van der Waals surface area contributed by atoms with Crippen LogP contribution in [0, 0.1) is 18.8 Å². The highest BCUT2D eigenvalue weighted by molar-refractivity contribution is 7.17. The first kappa shape index (κ1) is 17.8. The second-order valence-corrected chi connectivity index (χ2v) is 8.88. The second-order valence-electron chi connectivity index (χ2n) is 7.47. The summed E-state index contributed by atoms with van der Waals surface area (Å²) < 4.78 is 1.54. The fourth-order valence-corrected chi connectivity index (χ4v) is 5.54. The molecule has 1 aromatic carbocycles. The lowest BCUT2D eigenvalue weighted by Gasteiger charge is -2.40. The molecular formula is C19H23ClN4OS. The lowest BCUT2D eigenvalue weighted by atomic mass is 9.89. The highest BCUT2D eigenvalue weighted by atomic mass is 35.5. The smallest absolute Gasteiger partial charge is 0.230 e. The van der Waals surface area contributed by atoms with Crippen molar-refractivity contribution in [2.24, 2.45) is 11.8 Å². The number of halogens is 1. The molecule has 0 aliphatic carbocycles. The maximum atomic E-state index is 10.9. The van der Waals surface area contributed by atoms with Gasteiger partial charge in [-0.1, -0.05) is 55.0 Å².